The molecule has 1 aliphatic rings. The van der Waals surface area contributed by atoms with E-state index in [2.05, 4.69) is 0 Å². The first-order valence-corrected chi connectivity index (χ1v) is 7.36. The first-order chi connectivity index (χ1) is 9.38. The van der Waals surface area contributed by atoms with Crippen molar-refractivity contribution < 1.29 is 31.1 Å². The zero-order valence-corrected chi connectivity index (χ0v) is 12.4. The van der Waals surface area contributed by atoms with Gasteiger partial charge in [-0.3, -0.25) is 4.79 Å². The minimum atomic E-state index is -4.64. The first-order valence-electron chi connectivity index (χ1n) is 6.16. The third kappa shape index (κ3) is 4.31. The molecule has 3 unspecified atom stereocenters. The summed E-state index contributed by atoms with van der Waals surface area (Å²) in [6.07, 6.45) is -7.16. The summed E-state index contributed by atoms with van der Waals surface area (Å²) in [4.78, 5) is 12.0. The van der Waals surface area contributed by atoms with Gasteiger partial charge < -0.3 is 0 Å². The van der Waals surface area contributed by atoms with Crippen molar-refractivity contribution in [2.24, 2.45) is 11.3 Å². The second-order valence-corrected chi connectivity index (χ2v) is 6.49. The number of alkyl halides is 6. The summed E-state index contributed by atoms with van der Waals surface area (Å²) in [7, 11) is -0.791. The van der Waals surface area contributed by atoms with Crippen LogP contribution in [0.3, 0.4) is 0 Å². The molecule has 0 saturated heterocycles. The summed E-state index contributed by atoms with van der Waals surface area (Å²) < 4.78 is 75.8. The molecular formula is C13H15F6OP. The lowest BCUT2D eigenvalue weighted by Gasteiger charge is -2.38. The van der Waals surface area contributed by atoms with Crippen LogP contribution in [0.5, 0.6) is 0 Å². The molecule has 0 fully saturated rings. The van der Waals surface area contributed by atoms with Crippen molar-refractivity contribution in [3.8, 4) is 0 Å². The molecule has 0 bridgehead atoms. The zero-order chi connectivity index (χ0) is 16.5. The topological polar surface area (TPSA) is 17.1 Å². The summed E-state index contributed by atoms with van der Waals surface area (Å²) in [5.41, 5.74) is -2.92. The predicted molar refractivity (Wildman–Crippen MR) is 69.4 cm³/mol. The maximum absolute atomic E-state index is 13.2. The lowest BCUT2D eigenvalue weighted by atomic mass is 9.71. The van der Waals surface area contributed by atoms with Crippen molar-refractivity contribution in [2.75, 3.05) is 6.16 Å². The Labute approximate surface area is 120 Å². The van der Waals surface area contributed by atoms with Crippen LogP contribution in [0.4, 0.5) is 26.3 Å². The lowest BCUT2D eigenvalue weighted by Crippen LogP contribution is -2.44. The van der Waals surface area contributed by atoms with Crippen LogP contribution in [0.2, 0.25) is 0 Å². The molecule has 3 atom stereocenters. The van der Waals surface area contributed by atoms with Gasteiger partial charge in [0, 0.05) is 6.42 Å². The Morgan fingerprint density at radius 3 is 2.33 bits per heavy atom. The molecular weight excluding hydrogens is 317 g/mol. The van der Waals surface area contributed by atoms with Crippen LogP contribution in [0.25, 0.3) is 0 Å². The van der Waals surface area contributed by atoms with E-state index in [0.29, 0.717) is 0 Å². The van der Waals surface area contributed by atoms with Crippen molar-refractivity contribution >= 4 is 14.1 Å². The van der Waals surface area contributed by atoms with Gasteiger partial charge in [0.1, 0.15) is 0 Å². The average Bonchev–Trinajstić information content (AvgIpc) is 2.25. The smallest absolute Gasteiger partial charge is 0.294 e. The van der Waals surface area contributed by atoms with Crippen LogP contribution in [0.1, 0.15) is 20.3 Å². The van der Waals surface area contributed by atoms with Crippen molar-refractivity contribution in [1.82, 2.24) is 0 Å². The molecule has 0 aliphatic heterocycles. The molecule has 0 aromatic rings. The fraction of sp³-hybridized carbons (Fsp3) is 0.615. The number of hydrogen-bond acceptors (Lipinski definition) is 1. The number of carbonyl (C=O) groups is 1. The highest BCUT2D eigenvalue weighted by Crippen LogP contribution is 2.51. The van der Waals surface area contributed by atoms with Gasteiger partial charge in [-0.1, -0.05) is 23.8 Å². The molecule has 0 radical (unpaired) electrons. The second kappa shape index (κ2) is 6.11. The van der Waals surface area contributed by atoms with Crippen LogP contribution >= 0.6 is 8.58 Å². The van der Waals surface area contributed by atoms with Crippen LogP contribution in [0, 0.1) is 11.3 Å². The molecule has 1 rings (SSSR count). The molecule has 0 N–H and O–H groups in total. The summed E-state index contributed by atoms with van der Waals surface area (Å²) >= 11 is 0. The lowest BCUT2D eigenvalue weighted by molar-refractivity contribution is -0.212. The number of carbonyl (C=O) groups excluding carboxylic acids is 1. The Hall–Kier alpha value is -0.840. The molecule has 8 heteroatoms. The average molecular weight is 332 g/mol. The van der Waals surface area contributed by atoms with E-state index in [1.165, 1.54) is 19.1 Å². The summed E-state index contributed by atoms with van der Waals surface area (Å²) in [5.74, 6) is -1.45. The normalized spacial score (nSPS) is 27.2. The molecule has 0 aromatic carbocycles. The van der Waals surface area contributed by atoms with E-state index >= 15 is 0 Å². The molecule has 0 saturated carbocycles. The summed E-state index contributed by atoms with van der Waals surface area (Å²) in [6, 6.07) is 0. The maximum Gasteiger partial charge on any atom is 0.398 e. The highest BCUT2D eigenvalue weighted by Gasteiger charge is 2.57. The number of hydrogen-bond donors (Lipinski definition) is 0. The quantitative estimate of drug-likeness (QED) is 0.531. The van der Waals surface area contributed by atoms with Crippen LogP contribution < -0.4 is 0 Å². The molecule has 0 aromatic heterocycles. The van der Waals surface area contributed by atoms with Gasteiger partial charge in [0.15, 0.2) is 5.52 Å². The molecule has 21 heavy (non-hydrogen) atoms. The fourth-order valence-electron chi connectivity index (χ4n) is 2.23. The van der Waals surface area contributed by atoms with Crippen LogP contribution in [-0.2, 0) is 4.79 Å². The van der Waals surface area contributed by atoms with E-state index in [-0.39, 0.29) is 5.57 Å². The Kier molecular flexibility index (Phi) is 5.30. The van der Waals surface area contributed by atoms with E-state index in [9.17, 15) is 31.1 Å². The number of halogens is 6. The highest BCUT2D eigenvalue weighted by molar-refractivity contribution is 7.57. The van der Waals surface area contributed by atoms with E-state index < -0.39 is 50.4 Å². The highest BCUT2D eigenvalue weighted by atomic mass is 31.1. The minimum absolute atomic E-state index is 0.224. The first kappa shape index (κ1) is 18.2. The number of rotatable bonds is 4. The Bertz CT molecular complexity index is 462. The van der Waals surface area contributed by atoms with E-state index in [0.717, 1.165) is 13.0 Å². The van der Waals surface area contributed by atoms with Gasteiger partial charge >= 0.3 is 12.4 Å². The standard InChI is InChI=1S/C13H15F6OP/c1-8-4-3-5-11(2,13(17,18)19)9(8)10(20)21-7-6-12(14,15)16/h3-5,9,21H,6-7H2,1-2H3. The molecule has 0 heterocycles. The predicted octanol–water partition coefficient (Wildman–Crippen LogP) is 4.84. The van der Waals surface area contributed by atoms with E-state index in [4.69, 9.17) is 0 Å². The number of allylic oxidation sites excluding steroid dienone is 4. The SMILES string of the molecule is CC1=CC=CC(C)(C(F)(F)F)C1C(=O)PCCC(F)(F)F. The van der Waals surface area contributed by atoms with Gasteiger partial charge in [0.05, 0.1) is 11.3 Å². The Morgan fingerprint density at radius 1 is 1.29 bits per heavy atom. The molecule has 1 aliphatic carbocycles. The largest absolute Gasteiger partial charge is 0.398 e. The Morgan fingerprint density at radius 2 is 1.86 bits per heavy atom. The van der Waals surface area contributed by atoms with Crippen molar-refractivity contribution in [2.45, 2.75) is 32.6 Å². The van der Waals surface area contributed by atoms with E-state index in [1.54, 1.807) is 0 Å². The van der Waals surface area contributed by atoms with Gasteiger partial charge in [-0.25, -0.2) is 0 Å². The van der Waals surface area contributed by atoms with Crippen LogP contribution in [0.15, 0.2) is 23.8 Å². The van der Waals surface area contributed by atoms with Gasteiger partial charge in [-0.2, -0.15) is 26.3 Å². The monoisotopic (exact) mass is 332 g/mol. The maximum atomic E-state index is 13.2. The second-order valence-electron chi connectivity index (χ2n) is 5.14. The van der Waals surface area contributed by atoms with Gasteiger partial charge in [0.2, 0.25) is 0 Å². The Balaban J connectivity index is 2.89. The summed E-state index contributed by atoms with van der Waals surface area (Å²) in [5, 5.41) is 0. The van der Waals surface area contributed by atoms with Crippen LogP contribution in [-0.4, -0.2) is 24.0 Å². The van der Waals surface area contributed by atoms with E-state index in [1.807, 2.05) is 0 Å². The minimum Gasteiger partial charge on any atom is -0.294 e. The summed E-state index contributed by atoms with van der Waals surface area (Å²) in [6.45, 7) is 2.29. The molecule has 0 amide bonds. The van der Waals surface area contributed by atoms with Gasteiger partial charge in [-0.05, 0) is 28.6 Å². The fourth-order valence-corrected chi connectivity index (χ4v) is 3.62. The van der Waals surface area contributed by atoms with Crippen molar-refractivity contribution in [3.05, 3.63) is 23.8 Å². The van der Waals surface area contributed by atoms with Gasteiger partial charge in [0.25, 0.3) is 0 Å². The van der Waals surface area contributed by atoms with Crippen molar-refractivity contribution in [1.29, 1.82) is 0 Å². The zero-order valence-electron chi connectivity index (χ0n) is 11.4. The molecule has 0 spiro atoms. The molecule has 1 nitrogen and oxygen atoms in total. The van der Waals surface area contributed by atoms with Crippen molar-refractivity contribution in [3.63, 3.8) is 0 Å². The third-order valence-corrected chi connectivity index (χ3v) is 4.57. The third-order valence-electron chi connectivity index (χ3n) is 3.44. The molecule has 120 valence electrons. The van der Waals surface area contributed by atoms with Gasteiger partial charge in [-0.15, -0.1) is 0 Å².